The highest BCUT2D eigenvalue weighted by molar-refractivity contribution is 7.78. The van der Waals surface area contributed by atoms with Crippen molar-refractivity contribution in [3.05, 3.63) is 356 Å². The van der Waals surface area contributed by atoms with Crippen molar-refractivity contribution < 1.29 is 17.7 Å². The summed E-state index contributed by atoms with van der Waals surface area (Å²) in [6.07, 6.45) is 0. The Morgan fingerprint density at radius 3 is 0.967 bits per heavy atom. The molecule has 0 fully saturated rings. The van der Waals surface area contributed by atoms with E-state index in [0.29, 0.717) is 19.0 Å². The van der Waals surface area contributed by atoms with Gasteiger partial charge in [0.1, 0.15) is 24.6 Å². The molecule has 11 rings (SSSR count). The van der Waals surface area contributed by atoms with Crippen LogP contribution in [0.15, 0.2) is 261 Å². The molecule has 0 aliphatic heterocycles. The number of hydrogen-bond acceptors (Lipinski definition) is 2. The van der Waals surface area contributed by atoms with Crippen LogP contribution in [0.1, 0.15) is 77.9 Å². The average molecular weight is 1230 g/mol. The first-order valence-corrected chi connectivity index (χ1v) is 33.1. The Hall–Kier alpha value is -8.94. The van der Waals surface area contributed by atoms with Crippen LogP contribution in [0.25, 0.3) is 0 Å². The molecule has 2 nitrogen and oxygen atoms in total. The molecule has 0 atom stereocenters. The predicted octanol–water partition coefficient (Wildman–Crippen LogP) is 19.2. The Bertz CT molecular complexity index is 3730. The maximum absolute atomic E-state index is 12.6. The van der Waals surface area contributed by atoms with E-state index in [1.165, 1.54) is 108 Å². The van der Waals surface area contributed by atoms with Gasteiger partial charge in [-0.15, -0.1) is 0 Å². The number of halogens is 3. The lowest BCUT2D eigenvalue weighted by atomic mass is 9.39. The van der Waals surface area contributed by atoms with Crippen LogP contribution >= 0.6 is 7.14 Å². The molecule has 0 amide bonds. The van der Waals surface area contributed by atoms with E-state index in [9.17, 15) is 17.7 Å². The monoisotopic (exact) mass is 1230 g/mol. The predicted molar refractivity (Wildman–Crippen MR) is 392 cm³/mol. The second-order valence-electron chi connectivity index (χ2n) is 23.5. The first kappa shape index (κ1) is 74.5. The minimum Gasteiger partial charge on any atom is -0.314 e. The fourth-order valence-electron chi connectivity index (χ4n) is 10.7. The number of benzene rings is 11. The van der Waals surface area contributed by atoms with Gasteiger partial charge in [0.15, 0.2) is 0 Å². The van der Waals surface area contributed by atoms with Crippen LogP contribution in [0.4, 0.5) is 13.2 Å². The van der Waals surface area contributed by atoms with Crippen LogP contribution in [0.3, 0.4) is 0 Å². The molecular weight excluding hydrogens is 1140 g/mol. The van der Waals surface area contributed by atoms with E-state index >= 15 is 0 Å². The second-order valence-corrected chi connectivity index (χ2v) is 26.4. The van der Waals surface area contributed by atoms with Gasteiger partial charge in [-0.2, -0.15) is 5.26 Å². The number of rotatable bonds is 6. The van der Waals surface area contributed by atoms with Crippen LogP contribution in [0, 0.1) is 119 Å². The molecule has 0 heterocycles. The first-order chi connectivity index (χ1) is 43.3. The van der Waals surface area contributed by atoms with Gasteiger partial charge in [0.2, 0.25) is 13.4 Å². The summed E-state index contributed by atoms with van der Waals surface area (Å²) < 4.78 is 49.2. The van der Waals surface area contributed by atoms with Gasteiger partial charge in [0.05, 0.1) is 11.6 Å². The second kappa shape index (κ2) is 38.6. The highest BCUT2D eigenvalue weighted by Gasteiger charge is 2.22. The summed E-state index contributed by atoms with van der Waals surface area (Å²) in [7, 11) is -2.40. The summed E-state index contributed by atoms with van der Waals surface area (Å²) in [5.41, 5.74) is 22.8. The van der Waals surface area contributed by atoms with E-state index in [1.54, 1.807) is 37.3 Å². The van der Waals surface area contributed by atoms with Crippen molar-refractivity contribution in [1.82, 2.24) is 0 Å². The molecule has 0 spiro atoms. The van der Waals surface area contributed by atoms with Crippen molar-refractivity contribution in [3.63, 3.8) is 0 Å². The third-order valence-corrected chi connectivity index (χ3v) is 17.6. The number of nitriles is 1. The van der Waals surface area contributed by atoms with Gasteiger partial charge in [-0.3, -0.25) is 0 Å². The van der Waals surface area contributed by atoms with Crippen molar-refractivity contribution >= 4 is 53.0 Å². The highest BCUT2D eigenvalue weighted by atomic mass is 31.2. The van der Waals surface area contributed by atoms with Crippen LogP contribution in [-0.4, -0.2) is 20.1 Å². The van der Waals surface area contributed by atoms with E-state index in [0.717, 1.165) is 27.3 Å². The van der Waals surface area contributed by atoms with Crippen LogP contribution in [0.2, 0.25) is 13.6 Å². The molecule has 466 valence electrons. The van der Waals surface area contributed by atoms with Gasteiger partial charge in [0.25, 0.3) is 0 Å². The number of aryl methyl sites for hydroxylation is 13. The number of hydrogen-bond donors (Lipinski definition) is 0. The van der Waals surface area contributed by atoms with Crippen molar-refractivity contribution in [1.29, 1.82) is 5.26 Å². The lowest BCUT2D eigenvalue weighted by Gasteiger charge is -2.21. The third-order valence-electron chi connectivity index (χ3n) is 15.1. The average Bonchev–Trinajstić information content (AvgIpc) is 2.61. The number of nitrogens with zero attached hydrogens (tertiary/aromatic N) is 1. The standard InChI is InChI=1S/C19H25B.C13H13B.C13H13OP.C9H12.C8H7N.3C7H7F/c1-12-8-14(3)18(15(4)9-12)20(7)19-16(5)10-13(2)11-17(19)6;1-14(12-8-4-2-5-9-12)13-10-6-3-7-11-13;1-15(14,12-8-4-2-5-9-12)13-10-6-3-7-11-13;1-7-4-8(2)6-9(3)5-7;1-7-2-4-8(6-9)5-3-7;1-6-2-4-7(8)5-3-6;1-6-3-2-4-7(8)5-6;1-6-4-2-3-5-7(6)8/h8-11H,1-7H3;2-11H,1H3;2-11H,1H3;4-6H,1-3H3;2-5H,1H3;3*2-5H,1H3. The molecule has 8 heteroatoms. The summed E-state index contributed by atoms with van der Waals surface area (Å²) in [6.45, 7) is 34.6. The Morgan fingerprint density at radius 2 is 0.659 bits per heavy atom. The molecule has 0 saturated carbocycles. The van der Waals surface area contributed by atoms with Crippen molar-refractivity contribution in [2.75, 3.05) is 6.66 Å². The van der Waals surface area contributed by atoms with Crippen LogP contribution in [-0.2, 0) is 4.57 Å². The molecule has 0 aliphatic carbocycles. The molecule has 0 bridgehead atoms. The first-order valence-electron chi connectivity index (χ1n) is 30.9. The molecule has 0 N–H and O–H groups in total. The molecule has 0 radical (unpaired) electrons. The van der Waals surface area contributed by atoms with E-state index in [-0.39, 0.29) is 17.5 Å². The topological polar surface area (TPSA) is 40.9 Å². The van der Waals surface area contributed by atoms with Gasteiger partial charge >= 0.3 is 0 Å². The molecule has 0 aliphatic rings. The largest absolute Gasteiger partial charge is 0.314 e. The maximum Gasteiger partial charge on any atom is 0.207 e. The summed E-state index contributed by atoms with van der Waals surface area (Å²) >= 11 is 0. The fraction of sp³-hybridized carbons (Fsp3) is 0.193. The Balaban J connectivity index is 0.000000227. The minimum absolute atomic E-state index is 0.132. The van der Waals surface area contributed by atoms with Crippen molar-refractivity contribution in [2.24, 2.45) is 0 Å². The van der Waals surface area contributed by atoms with E-state index in [1.807, 2.05) is 124 Å². The Labute approximate surface area is 545 Å². The van der Waals surface area contributed by atoms with Crippen molar-refractivity contribution in [3.8, 4) is 6.07 Å². The van der Waals surface area contributed by atoms with Crippen LogP contribution < -0.4 is 32.5 Å². The summed E-state index contributed by atoms with van der Waals surface area (Å²) in [4.78, 5) is 0. The zero-order chi connectivity index (χ0) is 67.0. The molecule has 11 aromatic rings. The highest BCUT2D eigenvalue weighted by Crippen LogP contribution is 2.38. The fourth-order valence-corrected chi connectivity index (χ4v) is 12.4. The molecule has 91 heavy (non-hydrogen) atoms. The van der Waals surface area contributed by atoms with Crippen molar-refractivity contribution in [2.45, 2.75) is 104 Å². The van der Waals surface area contributed by atoms with Gasteiger partial charge in [-0.25, -0.2) is 13.2 Å². The van der Waals surface area contributed by atoms with Gasteiger partial charge in [-0.05, 0) is 150 Å². The smallest absolute Gasteiger partial charge is 0.207 e. The Morgan fingerprint density at radius 1 is 0.319 bits per heavy atom. The third kappa shape index (κ3) is 26.6. The van der Waals surface area contributed by atoms with E-state index < -0.39 is 7.14 Å². The SMILES string of the molecule is CB(c1c(C)cc(C)cc1C)c1c(C)cc(C)cc1C.CB(c1ccccc1)c1ccccc1.CP(=O)(c1ccccc1)c1ccccc1.Cc1cc(C)cc(C)c1.Cc1ccc(C#N)cc1.Cc1ccc(F)cc1.Cc1cccc(F)c1.Cc1ccccc1F. The molecule has 0 aromatic heterocycles. The zero-order valence-corrected chi connectivity index (χ0v) is 57.3. The molecule has 0 unspecified atom stereocenters. The van der Waals surface area contributed by atoms with Gasteiger partial charge < -0.3 is 4.57 Å². The lowest BCUT2D eigenvalue weighted by molar-refractivity contribution is 0.590. The van der Waals surface area contributed by atoms with Crippen LogP contribution in [0.5, 0.6) is 0 Å². The summed E-state index contributed by atoms with van der Waals surface area (Å²) in [5, 5.41) is 10.2. The van der Waals surface area contributed by atoms with E-state index in [4.69, 9.17) is 5.26 Å². The quantitative estimate of drug-likeness (QED) is 0.123. The minimum atomic E-state index is -2.40. The van der Waals surface area contributed by atoms with Gasteiger partial charge in [-0.1, -0.05) is 315 Å². The normalized spacial score (nSPS) is 9.96. The van der Waals surface area contributed by atoms with Gasteiger partial charge in [0, 0.05) is 10.6 Å². The zero-order valence-electron chi connectivity index (χ0n) is 56.4. The molecule has 11 aromatic carbocycles. The summed E-state index contributed by atoms with van der Waals surface area (Å²) in [5.74, 6) is -0.465. The summed E-state index contributed by atoms with van der Waals surface area (Å²) in [6, 6.07) is 85.4. The maximum atomic E-state index is 12.6. The molecular formula is C83H91B2F3NOP. The molecule has 0 saturated heterocycles. The Kier molecular flexibility index (Phi) is 31.6. The van der Waals surface area contributed by atoms with E-state index in [2.05, 4.69) is 185 Å². The lowest BCUT2D eigenvalue weighted by Crippen LogP contribution is -2.45.